The van der Waals surface area contributed by atoms with Gasteiger partial charge in [0.2, 0.25) is 0 Å². The molecular formula is C24H21N3O3S3. The molecule has 2 aliphatic heterocycles. The number of carbonyl (C=O) groups is 1. The molecule has 5 rings (SSSR count). The Bertz CT molecular complexity index is 1380. The molecular weight excluding hydrogens is 474 g/mol. The lowest BCUT2D eigenvalue weighted by Gasteiger charge is -2.20. The molecule has 2 aromatic carbocycles. The molecule has 0 radical (unpaired) electrons. The Hall–Kier alpha value is -2.75. The lowest BCUT2D eigenvalue weighted by molar-refractivity contribution is -0.123. The Labute approximate surface area is 202 Å². The van der Waals surface area contributed by atoms with Gasteiger partial charge in [0.15, 0.2) is 9.84 Å². The maximum Gasteiger partial charge on any atom is 0.266 e. The van der Waals surface area contributed by atoms with Gasteiger partial charge in [-0.2, -0.15) is 5.10 Å². The van der Waals surface area contributed by atoms with Crippen LogP contribution in [-0.4, -0.2) is 50.9 Å². The molecule has 0 bridgehead atoms. The van der Waals surface area contributed by atoms with Gasteiger partial charge in [0.25, 0.3) is 5.91 Å². The highest BCUT2D eigenvalue weighted by atomic mass is 32.2. The Balaban J connectivity index is 1.54. The number of benzene rings is 2. The monoisotopic (exact) mass is 495 g/mol. The topological polar surface area (TPSA) is 72.3 Å². The summed E-state index contributed by atoms with van der Waals surface area (Å²) in [7, 11) is -3.13. The van der Waals surface area contributed by atoms with Gasteiger partial charge in [-0.05, 0) is 31.6 Å². The molecule has 9 heteroatoms. The molecule has 2 saturated heterocycles. The third-order valence-electron chi connectivity index (χ3n) is 5.77. The van der Waals surface area contributed by atoms with E-state index < -0.39 is 15.9 Å². The van der Waals surface area contributed by atoms with Crippen LogP contribution in [-0.2, 0) is 14.6 Å². The number of amides is 1. The number of carbonyl (C=O) groups excluding carboxylic acids is 1. The van der Waals surface area contributed by atoms with Gasteiger partial charge in [-0.1, -0.05) is 72.0 Å². The van der Waals surface area contributed by atoms with Crippen molar-refractivity contribution in [3.05, 3.63) is 76.8 Å². The van der Waals surface area contributed by atoms with Gasteiger partial charge < -0.3 is 0 Å². The van der Waals surface area contributed by atoms with Crippen molar-refractivity contribution in [3.8, 4) is 16.9 Å². The molecule has 0 aliphatic carbocycles. The molecule has 3 aromatic rings. The zero-order valence-electron chi connectivity index (χ0n) is 17.8. The van der Waals surface area contributed by atoms with E-state index in [-0.39, 0.29) is 17.4 Å². The van der Waals surface area contributed by atoms with Gasteiger partial charge in [0.05, 0.1) is 33.8 Å². The Morgan fingerprint density at radius 2 is 1.85 bits per heavy atom. The fraction of sp³-hybridized carbons (Fsp3) is 0.208. The number of aryl methyl sites for hydroxylation is 1. The van der Waals surface area contributed by atoms with E-state index in [9.17, 15) is 13.2 Å². The minimum absolute atomic E-state index is 0.0344. The van der Waals surface area contributed by atoms with Crippen molar-refractivity contribution >= 4 is 50.1 Å². The molecule has 6 nitrogen and oxygen atoms in total. The van der Waals surface area contributed by atoms with Crippen molar-refractivity contribution in [3.63, 3.8) is 0 Å². The fourth-order valence-corrected chi connectivity index (χ4v) is 7.15. The predicted octanol–water partition coefficient (Wildman–Crippen LogP) is 4.24. The molecule has 33 heavy (non-hydrogen) atoms. The number of para-hydroxylation sites is 1. The van der Waals surface area contributed by atoms with E-state index in [1.807, 2.05) is 73.8 Å². The summed E-state index contributed by atoms with van der Waals surface area (Å²) in [6, 6.07) is 17.5. The summed E-state index contributed by atoms with van der Waals surface area (Å²) in [6.45, 7) is 2.03. The van der Waals surface area contributed by atoms with Crippen LogP contribution >= 0.6 is 24.0 Å². The van der Waals surface area contributed by atoms with Crippen LogP contribution in [0.3, 0.4) is 0 Å². The van der Waals surface area contributed by atoms with Crippen LogP contribution in [0.4, 0.5) is 0 Å². The summed E-state index contributed by atoms with van der Waals surface area (Å²) in [6.07, 6.45) is 4.13. The lowest BCUT2D eigenvalue weighted by Crippen LogP contribution is -2.39. The summed E-state index contributed by atoms with van der Waals surface area (Å²) in [5.74, 6) is -0.183. The third kappa shape index (κ3) is 4.40. The van der Waals surface area contributed by atoms with Crippen LogP contribution < -0.4 is 0 Å². The summed E-state index contributed by atoms with van der Waals surface area (Å²) in [5, 5.41) is 4.81. The number of sulfone groups is 1. The largest absolute Gasteiger partial charge is 0.289 e. The first-order valence-electron chi connectivity index (χ1n) is 10.5. The van der Waals surface area contributed by atoms with E-state index >= 15 is 0 Å². The minimum atomic E-state index is -3.13. The van der Waals surface area contributed by atoms with Crippen molar-refractivity contribution < 1.29 is 13.2 Å². The maximum absolute atomic E-state index is 13.2. The molecule has 3 heterocycles. The third-order valence-corrected chi connectivity index (χ3v) is 8.85. The molecule has 2 fully saturated rings. The van der Waals surface area contributed by atoms with Crippen LogP contribution in [0, 0.1) is 6.92 Å². The number of hydrogen-bond donors (Lipinski definition) is 0. The Kier molecular flexibility index (Phi) is 5.72. The number of nitrogens with zero attached hydrogens (tertiary/aromatic N) is 3. The first kappa shape index (κ1) is 22.1. The van der Waals surface area contributed by atoms with Gasteiger partial charge >= 0.3 is 0 Å². The van der Waals surface area contributed by atoms with Gasteiger partial charge in [0.1, 0.15) is 4.32 Å². The smallest absolute Gasteiger partial charge is 0.266 e. The molecule has 0 spiro atoms. The van der Waals surface area contributed by atoms with Crippen molar-refractivity contribution in [1.82, 2.24) is 14.7 Å². The number of thiocarbonyl (C=S) groups is 1. The first-order chi connectivity index (χ1) is 15.8. The SMILES string of the molecule is Cc1ccc(-c2nn(-c3ccccc3)cc2/C=C2/SC(=S)N(C3CCS(=O)(=O)C3)C2=O)cc1. The summed E-state index contributed by atoms with van der Waals surface area (Å²) in [4.78, 5) is 15.2. The van der Waals surface area contributed by atoms with Gasteiger partial charge in [-0.15, -0.1) is 0 Å². The summed E-state index contributed by atoms with van der Waals surface area (Å²) >= 11 is 6.67. The molecule has 2 aliphatic rings. The van der Waals surface area contributed by atoms with E-state index in [1.165, 1.54) is 16.7 Å². The van der Waals surface area contributed by atoms with Crippen molar-refractivity contribution in [2.45, 2.75) is 19.4 Å². The highest BCUT2D eigenvalue weighted by Crippen LogP contribution is 2.37. The normalized spacial score (nSPS) is 21.3. The zero-order chi connectivity index (χ0) is 23.2. The standard InChI is InChI=1S/C24H21N3O3S3/c1-16-7-9-17(10-8-16)22-18(14-26(25-22)19-5-3-2-4-6-19)13-21-23(28)27(24(31)32-21)20-11-12-33(29,30)15-20/h2-10,13-14,20H,11-12,15H2,1H3/b21-13+. The molecule has 1 amide bonds. The Morgan fingerprint density at radius 3 is 2.52 bits per heavy atom. The predicted molar refractivity (Wildman–Crippen MR) is 136 cm³/mol. The molecule has 168 valence electrons. The lowest BCUT2D eigenvalue weighted by atomic mass is 10.1. The summed E-state index contributed by atoms with van der Waals surface area (Å²) in [5.41, 5.74) is 4.55. The van der Waals surface area contributed by atoms with Crippen molar-refractivity contribution in [2.24, 2.45) is 0 Å². The minimum Gasteiger partial charge on any atom is -0.289 e. The van der Waals surface area contributed by atoms with Crippen molar-refractivity contribution in [2.75, 3.05) is 11.5 Å². The second-order valence-electron chi connectivity index (χ2n) is 8.19. The quantitative estimate of drug-likeness (QED) is 0.398. The van der Waals surface area contributed by atoms with E-state index in [1.54, 1.807) is 4.68 Å². The maximum atomic E-state index is 13.2. The van der Waals surface area contributed by atoms with Crippen LogP contribution in [0.25, 0.3) is 23.0 Å². The summed E-state index contributed by atoms with van der Waals surface area (Å²) < 4.78 is 26.1. The van der Waals surface area contributed by atoms with Crippen LogP contribution in [0.5, 0.6) is 0 Å². The van der Waals surface area contributed by atoms with E-state index in [0.29, 0.717) is 15.6 Å². The van der Waals surface area contributed by atoms with E-state index in [0.717, 1.165) is 28.1 Å². The Morgan fingerprint density at radius 1 is 1.12 bits per heavy atom. The fourth-order valence-electron chi connectivity index (χ4n) is 4.06. The number of aromatic nitrogens is 2. The van der Waals surface area contributed by atoms with Crippen LogP contribution in [0.1, 0.15) is 17.5 Å². The van der Waals surface area contributed by atoms with E-state index in [2.05, 4.69) is 0 Å². The number of rotatable bonds is 4. The second-order valence-corrected chi connectivity index (χ2v) is 12.1. The number of thioether (sulfide) groups is 1. The molecule has 1 atom stereocenters. The average molecular weight is 496 g/mol. The average Bonchev–Trinajstić information content (AvgIpc) is 3.45. The van der Waals surface area contributed by atoms with Crippen molar-refractivity contribution in [1.29, 1.82) is 0 Å². The van der Waals surface area contributed by atoms with Crippen LogP contribution in [0.2, 0.25) is 0 Å². The highest BCUT2D eigenvalue weighted by molar-refractivity contribution is 8.26. The van der Waals surface area contributed by atoms with Gasteiger partial charge in [-0.3, -0.25) is 9.69 Å². The zero-order valence-corrected chi connectivity index (χ0v) is 20.3. The molecule has 0 saturated carbocycles. The number of hydrogen-bond acceptors (Lipinski definition) is 6. The molecule has 1 unspecified atom stereocenters. The van der Waals surface area contributed by atoms with E-state index in [4.69, 9.17) is 17.3 Å². The molecule has 1 aromatic heterocycles. The first-order valence-corrected chi connectivity index (χ1v) is 13.5. The van der Waals surface area contributed by atoms with Gasteiger partial charge in [0, 0.05) is 17.3 Å². The second kappa shape index (κ2) is 8.55. The van der Waals surface area contributed by atoms with Gasteiger partial charge in [-0.25, -0.2) is 13.1 Å². The van der Waals surface area contributed by atoms with Crippen LogP contribution in [0.15, 0.2) is 65.7 Å². The highest BCUT2D eigenvalue weighted by Gasteiger charge is 2.42. The molecule has 0 N–H and O–H groups in total.